The van der Waals surface area contributed by atoms with E-state index in [4.69, 9.17) is 18.7 Å². The first-order valence-electron chi connectivity index (χ1n) is 12.3. The predicted octanol–water partition coefficient (Wildman–Crippen LogP) is 4.74. The van der Waals surface area contributed by atoms with Gasteiger partial charge in [-0.1, -0.05) is 5.16 Å². The lowest BCUT2D eigenvalue weighted by Gasteiger charge is -2.26. The van der Waals surface area contributed by atoms with Crippen molar-refractivity contribution < 1.29 is 41.9 Å². The zero-order valence-corrected chi connectivity index (χ0v) is 21.8. The number of pyridine rings is 1. The van der Waals surface area contributed by atoms with Crippen LogP contribution in [0.1, 0.15) is 20.8 Å². The fourth-order valence-corrected chi connectivity index (χ4v) is 4.22. The molecule has 0 saturated carbocycles. The Bertz CT molecular complexity index is 1430. The number of nitrogens with zero attached hydrogens (tertiary/aromatic N) is 5. The van der Waals surface area contributed by atoms with Gasteiger partial charge in [-0.15, -0.1) is 0 Å². The fourth-order valence-electron chi connectivity index (χ4n) is 4.22. The first-order chi connectivity index (χ1) is 19.0. The second kappa shape index (κ2) is 10.4. The summed E-state index contributed by atoms with van der Waals surface area (Å²) in [4.78, 5) is 44.7. The Balaban J connectivity index is 1.33. The van der Waals surface area contributed by atoms with Gasteiger partial charge in [0.05, 0.1) is 25.3 Å². The van der Waals surface area contributed by atoms with Crippen molar-refractivity contribution in [1.29, 1.82) is 0 Å². The molecule has 0 radical (unpaired) electrons. The van der Waals surface area contributed by atoms with Crippen LogP contribution in [0.5, 0.6) is 0 Å². The highest BCUT2D eigenvalue weighted by Crippen LogP contribution is 2.33. The Morgan fingerprint density at radius 1 is 1.10 bits per heavy atom. The summed E-state index contributed by atoms with van der Waals surface area (Å²) in [5, 5.41) is 3.76. The Hall–Kier alpha value is -4.75. The molecule has 0 spiro atoms. The highest BCUT2D eigenvalue weighted by atomic mass is 19.2. The summed E-state index contributed by atoms with van der Waals surface area (Å²) < 4.78 is 50.9. The van der Waals surface area contributed by atoms with E-state index in [1.54, 1.807) is 20.8 Å². The van der Waals surface area contributed by atoms with E-state index in [9.17, 15) is 14.4 Å². The van der Waals surface area contributed by atoms with Crippen LogP contribution in [0.4, 0.5) is 40.5 Å². The Labute approximate surface area is 227 Å². The normalized spacial score (nSPS) is 17.2. The first kappa shape index (κ1) is 26.8. The minimum atomic E-state index is -1.26. The van der Waals surface area contributed by atoms with Gasteiger partial charge in [-0.25, -0.2) is 28.1 Å². The molecule has 3 amide bonds. The van der Waals surface area contributed by atoms with Gasteiger partial charge in [0.25, 0.3) is 0 Å². The minimum Gasteiger partial charge on any atom is -0.447 e. The molecule has 2 aliphatic rings. The van der Waals surface area contributed by atoms with Gasteiger partial charge >= 0.3 is 18.3 Å². The lowest BCUT2D eigenvalue weighted by Crippen LogP contribution is -2.42. The van der Waals surface area contributed by atoms with Crippen LogP contribution in [0.2, 0.25) is 0 Å². The van der Waals surface area contributed by atoms with Gasteiger partial charge in [-0.3, -0.25) is 14.7 Å². The summed E-state index contributed by atoms with van der Waals surface area (Å²) in [5.41, 5.74) is -0.962. The number of hydrogen-bond acceptors (Lipinski definition) is 9. The number of amides is 3. The van der Waals surface area contributed by atoms with E-state index >= 15 is 8.78 Å². The molecule has 4 heterocycles. The van der Waals surface area contributed by atoms with Crippen molar-refractivity contribution in [2.24, 2.45) is 0 Å². The van der Waals surface area contributed by atoms with Gasteiger partial charge in [0, 0.05) is 23.4 Å². The Morgan fingerprint density at radius 3 is 2.52 bits per heavy atom. The Morgan fingerprint density at radius 2 is 1.90 bits per heavy atom. The molecule has 5 rings (SSSR count). The number of carbonyl (C=O) groups excluding carboxylic acids is 3. The largest absolute Gasteiger partial charge is 0.447 e. The van der Waals surface area contributed by atoms with Crippen molar-refractivity contribution in [3.05, 3.63) is 54.4 Å². The zero-order valence-electron chi connectivity index (χ0n) is 21.8. The number of ether oxygens (including phenoxy) is 3. The third kappa shape index (κ3) is 5.37. The third-order valence-corrected chi connectivity index (χ3v) is 6.02. The van der Waals surface area contributed by atoms with Gasteiger partial charge in [0.1, 0.15) is 30.4 Å². The number of halogens is 2. The van der Waals surface area contributed by atoms with E-state index in [-0.39, 0.29) is 42.3 Å². The van der Waals surface area contributed by atoms with Gasteiger partial charge in [0.2, 0.25) is 0 Å². The van der Waals surface area contributed by atoms with Crippen LogP contribution in [0.25, 0.3) is 11.1 Å². The highest BCUT2D eigenvalue weighted by Gasteiger charge is 2.38. The number of cyclic esters (lactones) is 2. The average molecular weight is 558 g/mol. The van der Waals surface area contributed by atoms with Crippen molar-refractivity contribution >= 4 is 35.6 Å². The predicted molar refractivity (Wildman–Crippen MR) is 136 cm³/mol. The van der Waals surface area contributed by atoms with Gasteiger partial charge in [-0.2, -0.15) is 0 Å². The topological polar surface area (TPSA) is 128 Å². The zero-order chi connectivity index (χ0) is 28.6. The van der Waals surface area contributed by atoms with Crippen LogP contribution in [0, 0.1) is 11.6 Å². The standard InChI is InChI=1S/C26H25F2N5O7/c1-26(2,3)40-25(36)33(20-8-10-38-30-20)14-16-13-32(24(35)39-16)18-6-5-17(21(27)22(18)28)15-4-7-19(29-12-15)31-9-11-37-23(31)34/h4-8,10,12,16H,9,11,13-14H2,1-3H3/t16-/m1/s1. The number of rotatable bonds is 6. The van der Waals surface area contributed by atoms with Crippen molar-refractivity contribution in [2.45, 2.75) is 32.5 Å². The lowest BCUT2D eigenvalue weighted by molar-refractivity contribution is 0.0556. The molecule has 0 bridgehead atoms. The third-order valence-electron chi connectivity index (χ3n) is 6.02. The maximum Gasteiger partial charge on any atom is 0.416 e. The van der Waals surface area contributed by atoms with Crippen LogP contribution in [-0.4, -0.2) is 66.4 Å². The van der Waals surface area contributed by atoms with Crippen LogP contribution >= 0.6 is 0 Å². The van der Waals surface area contributed by atoms with Crippen molar-refractivity contribution in [3.63, 3.8) is 0 Å². The van der Waals surface area contributed by atoms with Crippen LogP contribution in [0.15, 0.2) is 47.3 Å². The van der Waals surface area contributed by atoms with E-state index in [0.717, 1.165) is 9.80 Å². The number of aromatic nitrogens is 2. The van der Waals surface area contributed by atoms with Crippen molar-refractivity contribution in [2.75, 3.05) is 40.9 Å². The van der Waals surface area contributed by atoms with Crippen LogP contribution in [-0.2, 0) is 14.2 Å². The second-order valence-corrected chi connectivity index (χ2v) is 10.00. The van der Waals surface area contributed by atoms with E-state index in [1.165, 1.54) is 47.7 Å². The molecular weight excluding hydrogens is 532 g/mol. The number of anilines is 3. The molecule has 14 heteroatoms. The molecule has 40 heavy (non-hydrogen) atoms. The SMILES string of the molecule is CC(C)(C)OC(=O)N(C[C@H]1CN(c2ccc(-c3ccc(N4CCOC4=O)nc3)c(F)c2F)C(=O)O1)c1ccon1. The molecule has 2 fully saturated rings. The molecule has 2 saturated heterocycles. The maximum absolute atomic E-state index is 15.3. The molecular formula is C26H25F2N5O7. The average Bonchev–Trinajstić information content (AvgIpc) is 3.65. The molecule has 0 N–H and O–H groups in total. The fraction of sp³-hybridized carbons (Fsp3) is 0.346. The van der Waals surface area contributed by atoms with Gasteiger partial charge in [0.15, 0.2) is 17.5 Å². The van der Waals surface area contributed by atoms with Gasteiger partial charge in [-0.05, 0) is 45.0 Å². The lowest BCUT2D eigenvalue weighted by atomic mass is 10.1. The van der Waals surface area contributed by atoms with E-state index in [1.807, 2.05) is 0 Å². The molecule has 1 aromatic carbocycles. The molecule has 12 nitrogen and oxygen atoms in total. The maximum atomic E-state index is 15.3. The molecule has 2 aliphatic heterocycles. The minimum absolute atomic E-state index is 0.0875. The summed E-state index contributed by atoms with van der Waals surface area (Å²) >= 11 is 0. The van der Waals surface area contributed by atoms with Crippen LogP contribution < -0.4 is 14.7 Å². The number of carbonyl (C=O) groups is 3. The van der Waals surface area contributed by atoms with Gasteiger partial charge < -0.3 is 18.7 Å². The first-order valence-corrected chi connectivity index (χ1v) is 12.3. The molecule has 210 valence electrons. The molecule has 0 aliphatic carbocycles. The summed E-state index contributed by atoms with van der Waals surface area (Å²) in [6.45, 7) is 5.31. The number of benzene rings is 1. The number of hydrogen-bond donors (Lipinski definition) is 0. The summed E-state index contributed by atoms with van der Waals surface area (Å²) in [6, 6.07) is 7.01. The van der Waals surface area contributed by atoms with E-state index in [2.05, 4.69) is 10.1 Å². The highest BCUT2D eigenvalue weighted by molar-refractivity contribution is 5.91. The summed E-state index contributed by atoms with van der Waals surface area (Å²) in [6.07, 6.45) is -0.528. The summed E-state index contributed by atoms with van der Waals surface area (Å²) in [7, 11) is 0. The summed E-state index contributed by atoms with van der Waals surface area (Å²) in [5.74, 6) is -2.00. The quantitative estimate of drug-likeness (QED) is 0.395. The smallest absolute Gasteiger partial charge is 0.416 e. The van der Waals surface area contributed by atoms with E-state index in [0.29, 0.717) is 12.4 Å². The van der Waals surface area contributed by atoms with Crippen molar-refractivity contribution in [1.82, 2.24) is 10.1 Å². The van der Waals surface area contributed by atoms with E-state index < -0.39 is 41.6 Å². The van der Waals surface area contributed by atoms with Crippen molar-refractivity contribution in [3.8, 4) is 11.1 Å². The second-order valence-electron chi connectivity index (χ2n) is 10.00. The monoisotopic (exact) mass is 557 g/mol. The molecule has 0 unspecified atom stereocenters. The molecule has 3 aromatic rings. The molecule has 1 atom stereocenters. The van der Waals surface area contributed by atoms with Crippen LogP contribution in [0.3, 0.4) is 0 Å². The molecule has 2 aromatic heterocycles. The Kier molecular flexibility index (Phi) is 7.00.